The molecule has 1 saturated heterocycles. The average Bonchev–Trinajstić information content (AvgIpc) is 3.07. The molecule has 1 aliphatic heterocycles. The zero-order valence-electron chi connectivity index (χ0n) is 11.4. The minimum absolute atomic E-state index is 0.141. The van der Waals surface area contributed by atoms with Crippen LogP contribution in [0.5, 0.6) is 0 Å². The number of ether oxygens (including phenoxy) is 1. The Kier molecular flexibility index (Phi) is 5.60. The summed E-state index contributed by atoms with van der Waals surface area (Å²) in [4.78, 5) is 26.6. The van der Waals surface area contributed by atoms with Crippen LogP contribution in [-0.4, -0.2) is 37.0 Å². The van der Waals surface area contributed by atoms with Gasteiger partial charge < -0.3 is 9.64 Å². The first-order valence-corrected chi connectivity index (χ1v) is 8.31. The van der Waals surface area contributed by atoms with E-state index in [9.17, 15) is 9.59 Å². The molecule has 0 N–H and O–H groups in total. The molecule has 2 heterocycles. The molecule has 6 heteroatoms. The van der Waals surface area contributed by atoms with Crippen molar-refractivity contribution in [1.82, 2.24) is 4.90 Å². The predicted molar refractivity (Wildman–Crippen MR) is 81.7 cm³/mol. The van der Waals surface area contributed by atoms with E-state index >= 15 is 0 Å². The highest BCUT2D eigenvalue weighted by atomic mass is 79.9. The first kappa shape index (κ1) is 15.5. The van der Waals surface area contributed by atoms with E-state index in [-0.39, 0.29) is 17.8 Å². The third-order valence-corrected chi connectivity index (χ3v) is 5.20. The van der Waals surface area contributed by atoms with Gasteiger partial charge in [0.2, 0.25) is 5.91 Å². The molecule has 0 radical (unpaired) electrons. The second kappa shape index (κ2) is 7.22. The van der Waals surface area contributed by atoms with Crippen molar-refractivity contribution in [2.24, 2.45) is 5.92 Å². The predicted octanol–water partition coefficient (Wildman–Crippen LogP) is 2.85. The molecule has 1 amide bonds. The van der Waals surface area contributed by atoms with Gasteiger partial charge in [-0.2, -0.15) is 0 Å². The van der Waals surface area contributed by atoms with Crippen LogP contribution >= 0.6 is 27.3 Å². The van der Waals surface area contributed by atoms with E-state index < -0.39 is 0 Å². The van der Waals surface area contributed by atoms with Gasteiger partial charge in [-0.3, -0.25) is 9.59 Å². The zero-order chi connectivity index (χ0) is 14.5. The van der Waals surface area contributed by atoms with Crippen LogP contribution in [-0.2, 0) is 20.7 Å². The van der Waals surface area contributed by atoms with E-state index in [0.717, 1.165) is 23.0 Å². The summed E-state index contributed by atoms with van der Waals surface area (Å²) in [6.07, 6.45) is 3.04. The zero-order valence-corrected chi connectivity index (χ0v) is 13.8. The number of methoxy groups -OCH3 is 1. The van der Waals surface area contributed by atoms with Gasteiger partial charge in [-0.25, -0.2) is 0 Å². The third-order valence-electron chi connectivity index (χ3n) is 3.52. The maximum Gasteiger partial charge on any atom is 0.310 e. The van der Waals surface area contributed by atoms with Gasteiger partial charge in [-0.1, -0.05) is 0 Å². The highest BCUT2D eigenvalue weighted by Crippen LogP contribution is 2.24. The second-order valence-electron chi connectivity index (χ2n) is 4.91. The number of amides is 1. The summed E-state index contributed by atoms with van der Waals surface area (Å²) in [5.41, 5.74) is 0. The highest BCUT2D eigenvalue weighted by Gasteiger charge is 2.31. The number of likely N-dealkylation sites (tertiary alicyclic amines) is 1. The lowest BCUT2D eigenvalue weighted by molar-refractivity contribution is -0.145. The van der Waals surface area contributed by atoms with Gasteiger partial charge in [0.15, 0.2) is 0 Å². The van der Waals surface area contributed by atoms with Gasteiger partial charge in [-0.15, -0.1) is 11.3 Å². The summed E-state index contributed by atoms with van der Waals surface area (Å²) >= 11 is 5.14. The van der Waals surface area contributed by atoms with Gasteiger partial charge in [0.05, 0.1) is 16.8 Å². The maximum atomic E-state index is 12.1. The highest BCUT2D eigenvalue weighted by molar-refractivity contribution is 9.11. The Morgan fingerprint density at radius 1 is 1.50 bits per heavy atom. The molecule has 20 heavy (non-hydrogen) atoms. The smallest absolute Gasteiger partial charge is 0.310 e. The molecular formula is C14H18BrNO3S. The molecule has 4 nitrogen and oxygen atoms in total. The fourth-order valence-corrected chi connectivity index (χ4v) is 3.93. The van der Waals surface area contributed by atoms with Gasteiger partial charge in [0, 0.05) is 24.4 Å². The van der Waals surface area contributed by atoms with Gasteiger partial charge in [-0.05, 0) is 47.3 Å². The molecule has 1 unspecified atom stereocenters. The van der Waals surface area contributed by atoms with Gasteiger partial charge in [0.1, 0.15) is 0 Å². The van der Waals surface area contributed by atoms with Crippen LogP contribution in [0.15, 0.2) is 15.9 Å². The Morgan fingerprint density at radius 2 is 2.30 bits per heavy atom. The normalized spacial score (nSPS) is 18.3. The molecule has 1 aliphatic rings. The van der Waals surface area contributed by atoms with Crippen molar-refractivity contribution in [3.63, 3.8) is 0 Å². The number of nitrogens with zero attached hydrogens (tertiary/aromatic N) is 1. The Bertz CT molecular complexity index is 489. The molecule has 0 bridgehead atoms. The number of hydrogen-bond acceptors (Lipinski definition) is 4. The summed E-state index contributed by atoms with van der Waals surface area (Å²) in [5, 5.41) is 0. The molecule has 0 spiro atoms. The summed E-state index contributed by atoms with van der Waals surface area (Å²) in [6, 6.07) is 4.12. The lowest BCUT2D eigenvalue weighted by Gasteiger charge is -2.15. The Balaban J connectivity index is 1.72. The van der Waals surface area contributed by atoms with Crippen LogP contribution in [0.2, 0.25) is 0 Å². The van der Waals surface area contributed by atoms with E-state index in [4.69, 9.17) is 4.74 Å². The molecule has 1 aromatic rings. The van der Waals surface area contributed by atoms with Gasteiger partial charge >= 0.3 is 5.97 Å². The van der Waals surface area contributed by atoms with E-state index in [1.807, 2.05) is 6.07 Å². The van der Waals surface area contributed by atoms with Crippen molar-refractivity contribution in [2.45, 2.75) is 25.7 Å². The van der Waals surface area contributed by atoms with Crippen molar-refractivity contribution in [3.8, 4) is 0 Å². The molecule has 0 aliphatic carbocycles. The van der Waals surface area contributed by atoms with Crippen molar-refractivity contribution in [3.05, 3.63) is 20.8 Å². The minimum Gasteiger partial charge on any atom is -0.469 e. The van der Waals surface area contributed by atoms with E-state index in [1.54, 1.807) is 16.2 Å². The molecule has 1 atom stereocenters. The minimum atomic E-state index is -0.205. The monoisotopic (exact) mass is 359 g/mol. The standard InChI is InChI=1S/C14H18BrNO3S/c1-19-14(18)10-7-8-16(9-10)13(17)4-2-3-11-5-6-12(15)20-11/h5-6,10H,2-4,7-9H2,1H3. The van der Waals surface area contributed by atoms with Gasteiger partial charge in [0.25, 0.3) is 0 Å². The summed E-state index contributed by atoms with van der Waals surface area (Å²) in [5.74, 6) is -0.201. The Hall–Kier alpha value is -0.880. The molecule has 2 rings (SSSR count). The quantitative estimate of drug-likeness (QED) is 0.759. The summed E-state index contributed by atoms with van der Waals surface area (Å²) in [6.45, 7) is 1.18. The number of carbonyl (C=O) groups excluding carboxylic acids is 2. The maximum absolute atomic E-state index is 12.1. The Morgan fingerprint density at radius 3 is 2.95 bits per heavy atom. The summed E-state index contributed by atoms with van der Waals surface area (Å²) in [7, 11) is 1.39. The van der Waals surface area contributed by atoms with E-state index in [2.05, 4.69) is 22.0 Å². The molecule has 110 valence electrons. The van der Waals surface area contributed by atoms with Crippen molar-refractivity contribution >= 4 is 39.1 Å². The fourth-order valence-electron chi connectivity index (χ4n) is 2.40. The Labute approximate surface area is 131 Å². The number of halogens is 1. The number of aryl methyl sites for hydroxylation is 1. The largest absolute Gasteiger partial charge is 0.469 e. The van der Waals surface area contributed by atoms with Crippen LogP contribution in [0.25, 0.3) is 0 Å². The average molecular weight is 360 g/mol. The lowest BCUT2D eigenvalue weighted by Crippen LogP contribution is -2.30. The first-order valence-electron chi connectivity index (χ1n) is 6.70. The topological polar surface area (TPSA) is 46.6 Å². The van der Waals surface area contributed by atoms with Crippen molar-refractivity contribution < 1.29 is 14.3 Å². The lowest BCUT2D eigenvalue weighted by atomic mass is 10.1. The number of rotatable bonds is 5. The number of carbonyl (C=O) groups is 2. The number of thiophene rings is 1. The molecular weight excluding hydrogens is 342 g/mol. The first-order chi connectivity index (χ1) is 9.60. The molecule has 1 fully saturated rings. The second-order valence-corrected chi connectivity index (χ2v) is 7.46. The SMILES string of the molecule is COC(=O)C1CCN(C(=O)CCCc2ccc(Br)s2)C1. The van der Waals surface area contributed by atoms with Crippen LogP contribution < -0.4 is 0 Å². The molecule has 0 saturated carbocycles. The molecule has 1 aromatic heterocycles. The summed E-state index contributed by atoms with van der Waals surface area (Å²) < 4.78 is 5.85. The molecule has 0 aromatic carbocycles. The fraction of sp³-hybridized carbons (Fsp3) is 0.571. The third kappa shape index (κ3) is 4.06. The van der Waals surface area contributed by atoms with Crippen LogP contribution in [0.1, 0.15) is 24.1 Å². The van der Waals surface area contributed by atoms with Crippen LogP contribution in [0.3, 0.4) is 0 Å². The van der Waals surface area contributed by atoms with Crippen molar-refractivity contribution in [1.29, 1.82) is 0 Å². The van der Waals surface area contributed by atoms with E-state index in [1.165, 1.54) is 12.0 Å². The van der Waals surface area contributed by atoms with Crippen LogP contribution in [0.4, 0.5) is 0 Å². The van der Waals surface area contributed by atoms with E-state index in [0.29, 0.717) is 19.5 Å². The van der Waals surface area contributed by atoms with Crippen molar-refractivity contribution in [2.75, 3.05) is 20.2 Å². The number of esters is 1. The number of hydrogen-bond donors (Lipinski definition) is 0. The van der Waals surface area contributed by atoms with Crippen LogP contribution in [0, 0.1) is 5.92 Å².